The maximum absolute atomic E-state index is 11.9. The second-order valence-electron chi connectivity index (χ2n) is 4.78. The SMILES string of the molecule is CN1CCN(c2ccc(-c3cc(C(=O)O)on3)cc2)C1=O. The van der Waals surface area contributed by atoms with Crippen LogP contribution in [0.2, 0.25) is 0 Å². The average molecular weight is 287 g/mol. The number of benzene rings is 1. The summed E-state index contributed by atoms with van der Waals surface area (Å²) in [5.41, 5.74) is 1.98. The zero-order chi connectivity index (χ0) is 15.0. The Morgan fingerprint density at radius 1 is 1.29 bits per heavy atom. The fraction of sp³-hybridized carbons (Fsp3) is 0.214. The molecule has 2 aromatic rings. The van der Waals surface area contributed by atoms with Crippen LogP contribution in [-0.2, 0) is 0 Å². The van der Waals surface area contributed by atoms with Gasteiger partial charge in [-0.15, -0.1) is 0 Å². The summed E-state index contributed by atoms with van der Waals surface area (Å²) >= 11 is 0. The van der Waals surface area contributed by atoms with E-state index in [-0.39, 0.29) is 11.8 Å². The van der Waals surface area contributed by atoms with E-state index in [4.69, 9.17) is 9.63 Å². The number of aromatic carboxylic acids is 1. The number of carbonyl (C=O) groups is 2. The maximum Gasteiger partial charge on any atom is 0.374 e. The van der Waals surface area contributed by atoms with Gasteiger partial charge in [-0.2, -0.15) is 0 Å². The number of carboxylic acids is 1. The summed E-state index contributed by atoms with van der Waals surface area (Å²) < 4.78 is 4.72. The van der Waals surface area contributed by atoms with E-state index in [1.165, 1.54) is 6.07 Å². The van der Waals surface area contributed by atoms with Gasteiger partial charge in [-0.3, -0.25) is 4.90 Å². The van der Waals surface area contributed by atoms with Crippen molar-refractivity contribution >= 4 is 17.7 Å². The molecule has 0 spiro atoms. The van der Waals surface area contributed by atoms with Crippen LogP contribution in [0.3, 0.4) is 0 Å². The highest BCUT2D eigenvalue weighted by Gasteiger charge is 2.26. The second kappa shape index (κ2) is 4.93. The summed E-state index contributed by atoms with van der Waals surface area (Å²) in [6.07, 6.45) is 0. The van der Waals surface area contributed by atoms with E-state index in [2.05, 4.69) is 5.16 Å². The quantitative estimate of drug-likeness (QED) is 0.931. The molecular weight excluding hydrogens is 274 g/mol. The van der Waals surface area contributed by atoms with Gasteiger partial charge in [-0.25, -0.2) is 9.59 Å². The van der Waals surface area contributed by atoms with Crippen LogP contribution < -0.4 is 4.90 Å². The molecule has 1 aliphatic rings. The first-order chi connectivity index (χ1) is 10.1. The predicted molar refractivity (Wildman–Crippen MR) is 74.3 cm³/mol. The van der Waals surface area contributed by atoms with E-state index in [0.717, 1.165) is 11.3 Å². The van der Waals surface area contributed by atoms with Gasteiger partial charge in [0.2, 0.25) is 5.76 Å². The number of anilines is 1. The zero-order valence-electron chi connectivity index (χ0n) is 11.3. The first-order valence-corrected chi connectivity index (χ1v) is 6.39. The van der Waals surface area contributed by atoms with Crippen LogP contribution >= 0.6 is 0 Å². The van der Waals surface area contributed by atoms with E-state index in [1.54, 1.807) is 29.0 Å². The van der Waals surface area contributed by atoms with Crippen molar-refractivity contribution in [1.29, 1.82) is 0 Å². The number of nitrogens with zero attached hydrogens (tertiary/aromatic N) is 3. The number of aromatic nitrogens is 1. The number of carbonyl (C=O) groups excluding carboxylic acids is 1. The summed E-state index contributed by atoms with van der Waals surface area (Å²) in [7, 11) is 1.76. The van der Waals surface area contributed by atoms with Gasteiger partial charge in [0, 0.05) is 37.5 Å². The molecule has 1 saturated heterocycles. The van der Waals surface area contributed by atoms with E-state index >= 15 is 0 Å². The molecule has 0 bridgehead atoms. The van der Waals surface area contributed by atoms with Gasteiger partial charge in [0.05, 0.1) is 0 Å². The molecule has 0 saturated carbocycles. The van der Waals surface area contributed by atoms with Crippen LogP contribution in [-0.4, -0.2) is 47.3 Å². The van der Waals surface area contributed by atoms with Crippen LogP contribution in [0.4, 0.5) is 10.5 Å². The van der Waals surface area contributed by atoms with Crippen LogP contribution in [0, 0.1) is 0 Å². The van der Waals surface area contributed by atoms with Gasteiger partial charge >= 0.3 is 12.0 Å². The fourth-order valence-electron chi connectivity index (χ4n) is 2.21. The van der Waals surface area contributed by atoms with Crippen LogP contribution in [0.15, 0.2) is 34.9 Å². The molecule has 2 amide bonds. The highest BCUT2D eigenvalue weighted by molar-refractivity contribution is 5.94. The van der Waals surface area contributed by atoms with Crippen molar-refractivity contribution < 1.29 is 19.2 Å². The van der Waals surface area contributed by atoms with Crippen molar-refractivity contribution in [2.24, 2.45) is 0 Å². The lowest BCUT2D eigenvalue weighted by Gasteiger charge is -2.16. The molecule has 1 aliphatic heterocycles. The maximum atomic E-state index is 11.9. The van der Waals surface area contributed by atoms with Gasteiger partial charge in [-0.05, 0) is 12.1 Å². The molecule has 1 fully saturated rings. The molecule has 7 nitrogen and oxygen atoms in total. The fourth-order valence-corrected chi connectivity index (χ4v) is 2.21. The number of hydrogen-bond acceptors (Lipinski definition) is 4. The summed E-state index contributed by atoms with van der Waals surface area (Å²) in [6, 6.07) is 8.52. The first-order valence-electron chi connectivity index (χ1n) is 6.39. The zero-order valence-corrected chi connectivity index (χ0v) is 11.3. The van der Waals surface area contributed by atoms with Crippen molar-refractivity contribution in [2.75, 3.05) is 25.0 Å². The predicted octanol–water partition coefficient (Wildman–Crippen LogP) is 1.91. The molecule has 1 aromatic heterocycles. The molecule has 1 aromatic carbocycles. The Morgan fingerprint density at radius 3 is 2.52 bits per heavy atom. The number of carboxylic acid groups (broad SMARTS) is 1. The highest BCUT2D eigenvalue weighted by Crippen LogP contribution is 2.25. The Morgan fingerprint density at radius 2 is 2.00 bits per heavy atom. The normalized spacial score (nSPS) is 14.8. The average Bonchev–Trinajstić information content (AvgIpc) is 3.08. The number of likely N-dealkylation sites (N-methyl/N-ethyl adjacent to an activating group) is 1. The Labute approximate surface area is 120 Å². The van der Waals surface area contributed by atoms with Crippen molar-refractivity contribution in [3.63, 3.8) is 0 Å². The Balaban J connectivity index is 1.83. The minimum atomic E-state index is -1.16. The standard InChI is InChI=1S/C14H13N3O4/c1-16-6-7-17(14(16)20)10-4-2-9(3-5-10)11-8-12(13(18)19)21-15-11/h2-5,8H,6-7H2,1H3,(H,18,19). The third-order valence-electron chi connectivity index (χ3n) is 3.41. The van der Waals surface area contributed by atoms with E-state index in [9.17, 15) is 9.59 Å². The number of rotatable bonds is 3. The van der Waals surface area contributed by atoms with Crippen LogP contribution in [0.25, 0.3) is 11.3 Å². The molecule has 0 atom stereocenters. The number of urea groups is 1. The van der Waals surface area contributed by atoms with Gasteiger partial charge in [0.25, 0.3) is 0 Å². The largest absolute Gasteiger partial charge is 0.475 e. The Kier molecular flexibility index (Phi) is 3.09. The molecule has 0 unspecified atom stereocenters. The van der Waals surface area contributed by atoms with Crippen molar-refractivity contribution in [3.05, 3.63) is 36.1 Å². The third kappa shape index (κ3) is 2.33. The molecule has 1 N–H and O–H groups in total. The van der Waals surface area contributed by atoms with Crippen molar-refractivity contribution in [3.8, 4) is 11.3 Å². The minimum absolute atomic E-state index is 0.0302. The molecule has 108 valence electrons. The van der Waals surface area contributed by atoms with Crippen molar-refractivity contribution in [2.45, 2.75) is 0 Å². The summed E-state index contributed by atoms with van der Waals surface area (Å²) in [6.45, 7) is 1.35. The van der Waals surface area contributed by atoms with Gasteiger partial charge in [-0.1, -0.05) is 17.3 Å². The monoisotopic (exact) mass is 287 g/mol. The van der Waals surface area contributed by atoms with Gasteiger partial charge in [0.1, 0.15) is 5.69 Å². The van der Waals surface area contributed by atoms with Crippen LogP contribution in [0.1, 0.15) is 10.6 Å². The van der Waals surface area contributed by atoms with E-state index in [0.29, 0.717) is 18.8 Å². The molecule has 2 heterocycles. The molecule has 21 heavy (non-hydrogen) atoms. The first kappa shape index (κ1) is 13.2. The molecule has 0 aliphatic carbocycles. The van der Waals surface area contributed by atoms with Crippen molar-refractivity contribution in [1.82, 2.24) is 10.1 Å². The molecular formula is C14H13N3O4. The topological polar surface area (TPSA) is 86.9 Å². The Hall–Kier alpha value is -2.83. The lowest BCUT2D eigenvalue weighted by atomic mass is 10.1. The molecule has 7 heteroatoms. The lowest BCUT2D eigenvalue weighted by Crippen LogP contribution is -2.29. The van der Waals surface area contributed by atoms with Crippen LogP contribution in [0.5, 0.6) is 0 Å². The molecule has 3 rings (SSSR count). The molecule has 0 radical (unpaired) electrons. The highest BCUT2D eigenvalue weighted by atomic mass is 16.5. The van der Waals surface area contributed by atoms with E-state index < -0.39 is 5.97 Å². The van der Waals surface area contributed by atoms with Gasteiger partial charge < -0.3 is 14.5 Å². The minimum Gasteiger partial charge on any atom is -0.475 e. The third-order valence-corrected chi connectivity index (χ3v) is 3.41. The Bertz CT molecular complexity index is 692. The summed E-state index contributed by atoms with van der Waals surface area (Å²) in [5, 5.41) is 12.5. The summed E-state index contributed by atoms with van der Waals surface area (Å²) in [5.74, 6) is -1.36. The lowest BCUT2D eigenvalue weighted by molar-refractivity contribution is 0.0652. The number of amides is 2. The second-order valence-corrected chi connectivity index (χ2v) is 4.78. The van der Waals surface area contributed by atoms with Gasteiger partial charge in [0.15, 0.2) is 0 Å². The number of hydrogen-bond donors (Lipinski definition) is 1. The van der Waals surface area contributed by atoms with E-state index in [1.807, 2.05) is 12.1 Å². The smallest absolute Gasteiger partial charge is 0.374 e. The summed E-state index contributed by atoms with van der Waals surface area (Å²) in [4.78, 5) is 26.0.